The van der Waals surface area contributed by atoms with Crippen LogP contribution in [0.5, 0.6) is 0 Å². The lowest BCUT2D eigenvalue weighted by molar-refractivity contribution is 0.660. The molecule has 0 saturated heterocycles. The number of hydrogen-bond acceptors (Lipinski definition) is 2. The van der Waals surface area contributed by atoms with Crippen LogP contribution in [0.25, 0.3) is 83.5 Å². The molecule has 10 rings (SSSR count). The summed E-state index contributed by atoms with van der Waals surface area (Å²) in [6.45, 7) is 4.70. The van der Waals surface area contributed by atoms with E-state index in [1.165, 1.54) is 66.3 Å². The second-order valence-electron chi connectivity index (χ2n) is 14.2. The van der Waals surface area contributed by atoms with Gasteiger partial charge in [-0.15, -0.1) is 0 Å². The van der Waals surface area contributed by atoms with E-state index in [0.29, 0.717) is 5.82 Å². The molecule has 0 amide bonds. The van der Waals surface area contributed by atoms with Gasteiger partial charge < -0.3 is 4.57 Å². The van der Waals surface area contributed by atoms with Crippen molar-refractivity contribution in [3.63, 3.8) is 0 Å². The van der Waals surface area contributed by atoms with Crippen LogP contribution in [0.4, 0.5) is 0 Å². The third-order valence-electron chi connectivity index (χ3n) is 10.9. The van der Waals surface area contributed by atoms with Crippen molar-refractivity contribution >= 4 is 21.8 Å². The molecule has 7 aromatic carbocycles. The lowest BCUT2D eigenvalue weighted by Crippen LogP contribution is -2.14. The van der Waals surface area contributed by atoms with Crippen molar-refractivity contribution in [1.82, 2.24) is 14.5 Å². The second-order valence-corrected chi connectivity index (χ2v) is 14.2. The largest absolute Gasteiger partial charge is 0.309 e. The van der Waals surface area contributed by atoms with Crippen LogP contribution in [-0.4, -0.2) is 14.5 Å². The van der Waals surface area contributed by atoms with E-state index < -0.39 is 0 Å². The minimum Gasteiger partial charge on any atom is -0.309 e. The summed E-state index contributed by atoms with van der Waals surface area (Å²) in [7, 11) is 0. The highest BCUT2D eigenvalue weighted by Gasteiger charge is 2.35. The number of benzene rings is 7. The van der Waals surface area contributed by atoms with Gasteiger partial charge in [0.25, 0.3) is 0 Å². The van der Waals surface area contributed by atoms with Crippen LogP contribution in [0.1, 0.15) is 25.0 Å². The van der Waals surface area contributed by atoms with Crippen molar-refractivity contribution in [2.45, 2.75) is 19.3 Å². The van der Waals surface area contributed by atoms with Crippen molar-refractivity contribution < 1.29 is 0 Å². The summed E-state index contributed by atoms with van der Waals surface area (Å²) in [5.41, 5.74) is 16.7. The third-order valence-corrected chi connectivity index (χ3v) is 10.9. The standard InChI is InChI=1S/C49H35N3/c1-49(2)43-21-10-8-17-38(43)39-28-25-34(31-44(39)49)36-15-6-7-16-37(36)41-19-12-20-42-40-18-9-11-22-46(40)52(47(41)42)35-26-23-33(24-27-35)48-50-30-29-45(51-48)32-13-4-3-5-14-32/h3-31H,1-2H3. The summed E-state index contributed by atoms with van der Waals surface area (Å²) in [6.07, 6.45) is 1.84. The van der Waals surface area contributed by atoms with Crippen molar-refractivity contribution in [2.24, 2.45) is 0 Å². The average molecular weight is 666 g/mol. The highest BCUT2D eigenvalue weighted by Crippen LogP contribution is 2.50. The van der Waals surface area contributed by atoms with Gasteiger partial charge in [-0.25, -0.2) is 9.97 Å². The van der Waals surface area contributed by atoms with Gasteiger partial charge in [0.2, 0.25) is 0 Å². The highest BCUT2D eigenvalue weighted by molar-refractivity contribution is 6.14. The first-order chi connectivity index (χ1) is 25.6. The molecule has 0 bridgehead atoms. The van der Waals surface area contributed by atoms with Gasteiger partial charge in [0.1, 0.15) is 0 Å². The van der Waals surface area contributed by atoms with E-state index in [2.05, 4.69) is 169 Å². The predicted molar refractivity (Wildman–Crippen MR) is 216 cm³/mol. The first kappa shape index (κ1) is 30.3. The Morgan fingerprint density at radius 3 is 1.96 bits per heavy atom. The van der Waals surface area contributed by atoms with E-state index in [1.807, 2.05) is 30.5 Å². The van der Waals surface area contributed by atoms with Gasteiger partial charge in [-0.1, -0.05) is 141 Å². The lowest BCUT2D eigenvalue weighted by Gasteiger charge is -2.22. The first-order valence-electron chi connectivity index (χ1n) is 17.9. The monoisotopic (exact) mass is 665 g/mol. The zero-order valence-corrected chi connectivity index (χ0v) is 29.1. The van der Waals surface area contributed by atoms with Gasteiger partial charge in [0.05, 0.1) is 16.7 Å². The molecular weight excluding hydrogens is 631 g/mol. The van der Waals surface area contributed by atoms with Gasteiger partial charge in [0.15, 0.2) is 5.82 Å². The Kier molecular flexibility index (Phi) is 6.84. The second kappa shape index (κ2) is 11.8. The molecule has 2 heterocycles. The molecule has 3 nitrogen and oxygen atoms in total. The molecule has 0 saturated carbocycles. The van der Waals surface area contributed by atoms with Crippen LogP contribution in [0.15, 0.2) is 176 Å². The summed E-state index contributed by atoms with van der Waals surface area (Å²) in [5.74, 6) is 0.713. The fourth-order valence-corrected chi connectivity index (χ4v) is 8.37. The number of fused-ring (bicyclic) bond motifs is 6. The topological polar surface area (TPSA) is 30.7 Å². The van der Waals surface area contributed by atoms with Crippen molar-refractivity contribution in [1.29, 1.82) is 0 Å². The van der Waals surface area contributed by atoms with E-state index in [9.17, 15) is 0 Å². The smallest absolute Gasteiger partial charge is 0.159 e. The summed E-state index contributed by atoms with van der Waals surface area (Å²) < 4.78 is 2.42. The van der Waals surface area contributed by atoms with Crippen molar-refractivity contribution in [3.8, 4) is 61.7 Å². The maximum Gasteiger partial charge on any atom is 0.159 e. The van der Waals surface area contributed by atoms with Crippen LogP contribution in [0.3, 0.4) is 0 Å². The minimum atomic E-state index is -0.0661. The zero-order valence-electron chi connectivity index (χ0n) is 29.1. The summed E-state index contributed by atoms with van der Waals surface area (Å²) in [6, 6.07) is 61.2. The van der Waals surface area contributed by atoms with E-state index >= 15 is 0 Å². The van der Waals surface area contributed by atoms with E-state index in [-0.39, 0.29) is 5.41 Å². The van der Waals surface area contributed by atoms with E-state index in [1.54, 1.807) is 0 Å². The summed E-state index contributed by atoms with van der Waals surface area (Å²) in [4.78, 5) is 9.57. The van der Waals surface area contributed by atoms with Crippen LogP contribution in [0.2, 0.25) is 0 Å². The van der Waals surface area contributed by atoms with Gasteiger partial charge in [-0.2, -0.15) is 0 Å². The Bertz CT molecular complexity index is 2810. The normalized spacial score (nSPS) is 13.0. The van der Waals surface area contributed by atoms with Gasteiger partial charge in [-0.05, 0) is 81.4 Å². The Hall–Kier alpha value is -6.58. The fraction of sp³-hybridized carbons (Fsp3) is 0.0612. The Balaban J connectivity index is 1.12. The maximum atomic E-state index is 4.92. The van der Waals surface area contributed by atoms with Gasteiger partial charge in [0, 0.05) is 44.8 Å². The highest BCUT2D eigenvalue weighted by atomic mass is 15.0. The first-order valence-corrected chi connectivity index (χ1v) is 17.9. The fourth-order valence-electron chi connectivity index (χ4n) is 8.37. The van der Waals surface area contributed by atoms with Crippen LogP contribution < -0.4 is 0 Å². The van der Waals surface area contributed by atoms with Crippen LogP contribution >= 0.6 is 0 Å². The molecule has 0 spiro atoms. The van der Waals surface area contributed by atoms with Crippen LogP contribution in [-0.2, 0) is 5.41 Å². The Morgan fingerprint density at radius 1 is 0.462 bits per heavy atom. The Morgan fingerprint density at radius 2 is 1.12 bits per heavy atom. The molecule has 0 atom stereocenters. The SMILES string of the molecule is CC1(C)c2ccccc2-c2ccc(-c3ccccc3-c3cccc4c5ccccc5n(-c5ccc(-c6nccc(-c7ccccc7)n6)cc5)c34)cc21. The quantitative estimate of drug-likeness (QED) is 0.183. The van der Waals surface area contributed by atoms with Crippen molar-refractivity contribution in [3.05, 3.63) is 187 Å². The molecule has 1 aliphatic rings. The molecule has 2 aromatic heterocycles. The average Bonchev–Trinajstić information content (AvgIpc) is 3.67. The molecule has 0 radical (unpaired) electrons. The Labute approximate surface area is 303 Å². The molecule has 0 fully saturated rings. The predicted octanol–water partition coefficient (Wildman–Crippen LogP) is 12.5. The number of rotatable bonds is 5. The molecule has 3 heteroatoms. The zero-order chi connectivity index (χ0) is 34.8. The molecule has 52 heavy (non-hydrogen) atoms. The molecule has 0 unspecified atom stereocenters. The number of para-hydroxylation sites is 2. The molecule has 246 valence electrons. The lowest BCUT2D eigenvalue weighted by atomic mass is 9.81. The minimum absolute atomic E-state index is 0.0661. The summed E-state index contributed by atoms with van der Waals surface area (Å²) >= 11 is 0. The van der Waals surface area contributed by atoms with E-state index in [0.717, 1.165) is 22.5 Å². The maximum absolute atomic E-state index is 4.92. The molecule has 0 aliphatic heterocycles. The number of aromatic nitrogens is 3. The van der Waals surface area contributed by atoms with Crippen molar-refractivity contribution in [2.75, 3.05) is 0 Å². The van der Waals surface area contributed by atoms with Gasteiger partial charge in [-0.3, -0.25) is 0 Å². The number of hydrogen-bond donors (Lipinski definition) is 0. The number of nitrogens with zero attached hydrogens (tertiary/aromatic N) is 3. The van der Waals surface area contributed by atoms with Gasteiger partial charge >= 0.3 is 0 Å². The van der Waals surface area contributed by atoms with Crippen LogP contribution in [0, 0.1) is 0 Å². The third kappa shape index (κ3) is 4.66. The molecule has 9 aromatic rings. The molecule has 0 N–H and O–H groups in total. The summed E-state index contributed by atoms with van der Waals surface area (Å²) in [5, 5.41) is 2.47. The molecule has 1 aliphatic carbocycles. The van der Waals surface area contributed by atoms with E-state index in [4.69, 9.17) is 4.98 Å². The molecular formula is C49H35N3.